The van der Waals surface area contributed by atoms with Gasteiger partial charge in [-0.1, -0.05) is 11.8 Å². The summed E-state index contributed by atoms with van der Waals surface area (Å²) in [6.07, 6.45) is 1.000. The number of primary amides is 1. The second-order valence-electron chi connectivity index (χ2n) is 3.48. The predicted molar refractivity (Wildman–Crippen MR) is 64.5 cm³/mol. The van der Waals surface area contributed by atoms with Crippen LogP contribution in [0.2, 0.25) is 0 Å². The third-order valence-electron chi connectivity index (χ3n) is 2.19. The summed E-state index contributed by atoms with van der Waals surface area (Å²) in [5, 5.41) is 0.0259. The van der Waals surface area contributed by atoms with Crippen molar-refractivity contribution in [2.45, 2.75) is 10.2 Å². The molecule has 0 aromatic carbocycles. The summed E-state index contributed by atoms with van der Waals surface area (Å²) < 4.78 is 27.8. The molecule has 98 valence electrons. The number of sulfone groups is 1. The molecular formula is C8H10N4O4S2. The first-order valence-electron chi connectivity index (χ1n) is 4.70. The van der Waals surface area contributed by atoms with E-state index in [4.69, 9.17) is 10.5 Å². The number of carbonyl (C=O) groups excluding carboxylic acids is 1. The highest BCUT2D eigenvalue weighted by molar-refractivity contribution is 7.99. The van der Waals surface area contributed by atoms with Crippen LogP contribution in [0.4, 0.5) is 10.5 Å². The number of nitrogens with two attached hydrogens (primary N) is 1. The average Bonchev–Trinajstić information content (AvgIpc) is 2.70. The molecule has 0 unspecified atom stereocenters. The lowest BCUT2D eigenvalue weighted by atomic mass is 10.4. The number of methoxy groups -OCH3 is 1. The molecule has 1 aliphatic rings. The van der Waals surface area contributed by atoms with Crippen LogP contribution in [0.15, 0.2) is 10.2 Å². The topological polar surface area (TPSA) is 115 Å². The highest BCUT2D eigenvalue weighted by atomic mass is 32.2. The Morgan fingerprint density at radius 2 is 2.17 bits per heavy atom. The SMILES string of the molecule is COc1nc(S(C)(=O)=O)nc2c1N(C(N)=O)CS2. The predicted octanol–water partition coefficient (Wildman–Crippen LogP) is -0.163. The van der Waals surface area contributed by atoms with Gasteiger partial charge in [-0.15, -0.1) is 0 Å². The highest BCUT2D eigenvalue weighted by Crippen LogP contribution is 2.42. The van der Waals surface area contributed by atoms with E-state index in [-0.39, 0.29) is 16.9 Å². The molecule has 2 rings (SSSR count). The molecule has 0 bridgehead atoms. The van der Waals surface area contributed by atoms with Gasteiger partial charge in [0.1, 0.15) is 10.7 Å². The number of nitrogens with zero attached hydrogens (tertiary/aromatic N) is 3. The molecule has 8 nitrogen and oxygen atoms in total. The number of urea groups is 1. The Bertz CT molecular complexity index is 616. The maximum atomic E-state index is 11.4. The largest absolute Gasteiger partial charge is 0.479 e. The minimum absolute atomic E-state index is 0.0178. The third-order valence-corrected chi connectivity index (χ3v) is 3.98. The van der Waals surface area contributed by atoms with E-state index in [1.165, 1.54) is 23.8 Å². The monoisotopic (exact) mass is 290 g/mol. The van der Waals surface area contributed by atoms with Gasteiger partial charge in [0.05, 0.1) is 13.0 Å². The van der Waals surface area contributed by atoms with Crippen LogP contribution in [0.25, 0.3) is 0 Å². The van der Waals surface area contributed by atoms with Gasteiger partial charge in [0, 0.05) is 6.26 Å². The van der Waals surface area contributed by atoms with E-state index < -0.39 is 15.9 Å². The second kappa shape index (κ2) is 4.28. The van der Waals surface area contributed by atoms with Crippen molar-refractivity contribution in [3.8, 4) is 5.88 Å². The van der Waals surface area contributed by atoms with Gasteiger partial charge < -0.3 is 10.5 Å². The molecule has 0 saturated heterocycles. The third kappa shape index (κ3) is 2.08. The normalized spacial score (nSPS) is 14.4. The number of amides is 2. The van der Waals surface area contributed by atoms with Crippen LogP contribution in [0.5, 0.6) is 5.88 Å². The fourth-order valence-corrected chi connectivity index (χ4v) is 2.96. The van der Waals surface area contributed by atoms with Gasteiger partial charge in [-0.3, -0.25) is 4.90 Å². The van der Waals surface area contributed by atoms with Gasteiger partial charge >= 0.3 is 6.03 Å². The van der Waals surface area contributed by atoms with Crippen LogP contribution in [0.1, 0.15) is 0 Å². The van der Waals surface area contributed by atoms with Gasteiger partial charge in [0.2, 0.25) is 15.7 Å². The molecule has 0 saturated carbocycles. The molecule has 10 heteroatoms. The van der Waals surface area contributed by atoms with E-state index in [1.807, 2.05) is 0 Å². The molecule has 0 spiro atoms. The number of fused-ring (bicyclic) bond motifs is 1. The number of rotatable bonds is 2. The summed E-state index contributed by atoms with van der Waals surface area (Å²) in [6, 6.07) is -0.671. The summed E-state index contributed by atoms with van der Waals surface area (Å²) in [5.41, 5.74) is 5.51. The fourth-order valence-electron chi connectivity index (χ4n) is 1.40. The minimum Gasteiger partial charge on any atom is -0.479 e. The van der Waals surface area contributed by atoms with Crippen LogP contribution in [-0.2, 0) is 9.84 Å². The van der Waals surface area contributed by atoms with Crippen molar-refractivity contribution >= 4 is 33.3 Å². The van der Waals surface area contributed by atoms with E-state index >= 15 is 0 Å². The Hall–Kier alpha value is -1.55. The Labute approximate surface area is 107 Å². The first-order chi connectivity index (χ1) is 8.34. The molecule has 2 heterocycles. The van der Waals surface area contributed by atoms with Gasteiger partial charge in [0.15, 0.2) is 0 Å². The van der Waals surface area contributed by atoms with Gasteiger partial charge in [-0.25, -0.2) is 18.2 Å². The number of hydrogen-bond acceptors (Lipinski definition) is 7. The zero-order valence-corrected chi connectivity index (χ0v) is 11.2. The smallest absolute Gasteiger partial charge is 0.320 e. The van der Waals surface area contributed by atoms with Crippen LogP contribution in [0, 0.1) is 0 Å². The van der Waals surface area contributed by atoms with E-state index in [9.17, 15) is 13.2 Å². The Morgan fingerprint density at radius 3 is 2.67 bits per heavy atom. The zero-order chi connectivity index (χ0) is 13.5. The molecule has 1 aromatic rings. The van der Waals surface area contributed by atoms with Crippen molar-refractivity contribution in [3.63, 3.8) is 0 Å². The van der Waals surface area contributed by atoms with E-state index in [2.05, 4.69) is 9.97 Å². The van der Waals surface area contributed by atoms with Crippen molar-refractivity contribution < 1.29 is 17.9 Å². The number of aromatic nitrogens is 2. The molecule has 2 amide bonds. The van der Waals surface area contributed by atoms with Gasteiger partial charge in [-0.2, -0.15) is 4.98 Å². The first-order valence-corrected chi connectivity index (χ1v) is 7.58. The molecule has 0 radical (unpaired) electrons. The molecule has 1 aromatic heterocycles. The second-order valence-corrected chi connectivity index (χ2v) is 6.32. The van der Waals surface area contributed by atoms with Gasteiger partial charge in [0.25, 0.3) is 5.16 Å². The summed E-state index contributed by atoms with van der Waals surface area (Å²) in [4.78, 5) is 20.1. The molecule has 2 N–H and O–H groups in total. The summed E-state index contributed by atoms with van der Waals surface area (Å²) >= 11 is 1.19. The lowest BCUT2D eigenvalue weighted by molar-refractivity contribution is 0.254. The van der Waals surface area contributed by atoms with Crippen molar-refractivity contribution in [1.29, 1.82) is 0 Å². The van der Waals surface area contributed by atoms with Crippen molar-refractivity contribution in [1.82, 2.24) is 9.97 Å². The van der Waals surface area contributed by atoms with Gasteiger partial charge in [-0.05, 0) is 0 Å². The number of ether oxygens (including phenoxy) is 1. The van der Waals surface area contributed by atoms with Crippen LogP contribution >= 0.6 is 11.8 Å². The molecule has 0 fully saturated rings. The summed E-state index contributed by atoms with van der Waals surface area (Å²) in [6.45, 7) is 0. The molecule has 0 atom stereocenters. The molecule has 1 aliphatic heterocycles. The van der Waals surface area contributed by atoms with Crippen LogP contribution < -0.4 is 15.4 Å². The number of hydrogen-bond donors (Lipinski definition) is 1. The molecular weight excluding hydrogens is 280 g/mol. The lowest BCUT2D eigenvalue weighted by Gasteiger charge is -2.14. The van der Waals surface area contributed by atoms with Crippen molar-refractivity contribution in [2.24, 2.45) is 5.73 Å². The molecule has 18 heavy (non-hydrogen) atoms. The number of thioether (sulfide) groups is 1. The van der Waals surface area contributed by atoms with Crippen LogP contribution in [0.3, 0.4) is 0 Å². The van der Waals surface area contributed by atoms with E-state index in [1.54, 1.807) is 0 Å². The highest BCUT2D eigenvalue weighted by Gasteiger charge is 2.32. The van der Waals surface area contributed by atoms with Crippen molar-refractivity contribution in [3.05, 3.63) is 0 Å². The Balaban J connectivity index is 2.64. The Morgan fingerprint density at radius 1 is 1.50 bits per heavy atom. The standard InChI is InChI=1S/C8H10N4O4S2/c1-16-5-4-6(17-3-12(4)7(9)13)11-8(10-5)18(2,14)15/h3H2,1-2H3,(H2,9,13). The Kier molecular flexibility index (Phi) is 3.07. The lowest BCUT2D eigenvalue weighted by Crippen LogP contribution is -2.33. The van der Waals surface area contributed by atoms with E-state index in [0.29, 0.717) is 10.7 Å². The maximum Gasteiger partial charge on any atom is 0.320 e. The quantitative estimate of drug-likeness (QED) is 0.594. The minimum atomic E-state index is -3.54. The maximum absolute atomic E-state index is 11.4. The zero-order valence-electron chi connectivity index (χ0n) is 9.58. The van der Waals surface area contributed by atoms with E-state index in [0.717, 1.165) is 6.26 Å². The van der Waals surface area contributed by atoms with Crippen molar-refractivity contribution in [2.75, 3.05) is 24.1 Å². The summed E-state index contributed by atoms with van der Waals surface area (Å²) in [7, 11) is -2.21. The molecule has 0 aliphatic carbocycles. The summed E-state index contributed by atoms with van der Waals surface area (Å²) in [5.74, 6) is 0.271. The first kappa shape index (κ1) is 12.9. The number of carbonyl (C=O) groups is 1. The fraction of sp³-hybridized carbons (Fsp3) is 0.375. The van der Waals surface area contributed by atoms with Crippen LogP contribution in [-0.4, -0.2) is 43.7 Å². The average molecular weight is 290 g/mol. The number of anilines is 1.